The SMILES string of the molecule is N#Cc1cccnc1N1CCCC2CCCCC21. The molecule has 3 nitrogen and oxygen atoms in total. The van der Waals surface area contributed by atoms with Crippen LogP contribution < -0.4 is 4.90 Å². The Balaban J connectivity index is 1.92. The van der Waals surface area contributed by atoms with Gasteiger partial charge in [0.1, 0.15) is 11.9 Å². The van der Waals surface area contributed by atoms with E-state index in [1.807, 2.05) is 18.3 Å². The van der Waals surface area contributed by atoms with Crippen molar-refractivity contribution in [1.29, 1.82) is 5.26 Å². The van der Waals surface area contributed by atoms with E-state index >= 15 is 0 Å². The third-order valence-corrected chi connectivity index (χ3v) is 4.42. The summed E-state index contributed by atoms with van der Waals surface area (Å²) >= 11 is 0. The summed E-state index contributed by atoms with van der Waals surface area (Å²) in [6, 6.07) is 6.64. The number of aromatic nitrogens is 1. The number of hydrogen-bond acceptors (Lipinski definition) is 3. The first kappa shape index (κ1) is 11.5. The average Bonchev–Trinajstić information content (AvgIpc) is 2.46. The van der Waals surface area contributed by atoms with Gasteiger partial charge in [-0.05, 0) is 43.7 Å². The van der Waals surface area contributed by atoms with Crippen molar-refractivity contribution in [3.63, 3.8) is 0 Å². The summed E-state index contributed by atoms with van der Waals surface area (Å²) in [5.41, 5.74) is 0.726. The second-order valence-corrected chi connectivity index (χ2v) is 5.43. The molecule has 0 radical (unpaired) electrons. The van der Waals surface area contributed by atoms with Crippen LogP contribution in [0.15, 0.2) is 18.3 Å². The van der Waals surface area contributed by atoms with Crippen molar-refractivity contribution in [1.82, 2.24) is 4.98 Å². The van der Waals surface area contributed by atoms with Gasteiger partial charge in [-0.2, -0.15) is 5.26 Å². The van der Waals surface area contributed by atoms with Crippen molar-refractivity contribution in [2.75, 3.05) is 11.4 Å². The summed E-state index contributed by atoms with van der Waals surface area (Å²) in [7, 11) is 0. The van der Waals surface area contributed by atoms with Gasteiger partial charge in [0.25, 0.3) is 0 Å². The Morgan fingerprint density at radius 3 is 2.94 bits per heavy atom. The molecule has 0 aromatic carbocycles. The van der Waals surface area contributed by atoms with Crippen LogP contribution in [-0.4, -0.2) is 17.6 Å². The minimum atomic E-state index is 0.620. The molecule has 0 N–H and O–H groups in total. The van der Waals surface area contributed by atoms with Crippen molar-refractivity contribution in [3.8, 4) is 6.07 Å². The monoisotopic (exact) mass is 241 g/mol. The molecule has 2 atom stereocenters. The quantitative estimate of drug-likeness (QED) is 0.758. The van der Waals surface area contributed by atoms with Crippen molar-refractivity contribution in [2.24, 2.45) is 5.92 Å². The van der Waals surface area contributed by atoms with Crippen LogP contribution in [0.5, 0.6) is 0 Å². The number of piperidine rings is 1. The number of pyridine rings is 1. The zero-order valence-electron chi connectivity index (χ0n) is 10.7. The van der Waals surface area contributed by atoms with Crippen LogP contribution in [0.25, 0.3) is 0 Å². The summed E-state index contributed by atoms with van der Waals surface area (Å²) in [5, 5.41) is 9.23. The Morgan fingerprint density at radius 1 is 1.22 bits per heavy atom. The average molecular weight is 241 g/mol. The number of anilines is 1. The summed E-state index contributed by atoms with van der Waals surface area (Å²) in [4.78, 5) is 6.88. The number of fused-ring (bicyclic) bond motifs is 1. The van der Waals surface area contributed by atoms with Gasteiger partial charge in [-0.1, -0.05) is 12.8 Å². The first-order valence-corrected chi connectivity index (χ1v) is 7.02. The summed E-state index contributed by atoms with van der Waals surface area (Å²) < 4.78 is 0. The molecule has 0 spiro atoms. The van der Waals surface area contributed by atoms with E-state index in [-0.39, 0.29) is 0 Å². The third-order valence-electron chi connectivity index (χ3n) is 4.42. The standard InChI is InChI=1S/C15H19N3/c16-11-13-6-3-9-17-15(13)18-10-4-7-12-5-1-2-8-14(12)18/h3,6,9,12,14H,1-2,4-5,7-8,10H2. The molecule has 2 heterocycles. The van der Waals surface area contributed by atoms with Crippen LogP contribution in [0.4, 0.5) is 5.82 Å². The summed E-state index contributed by atoms with van der Waals surface area (Å²) in [6.07, 6.45) is 9.73. The Hall–Kier alpha value is -1.56. The fourth-order valence-electron chi connectivity index (χ4n) is 3.60. The largest absolute Gasteiger partial charge is 0.352 e. The first-order chi connectivity index (χ1) is 8.90. The molecular weight excluding hydrogens is 222 g/mol. The molecule has 1 aliphatic heterocycles. The maximum absolute atomic E-state index is 9.23. The summed E-state index contributed by atoms with van der Waals surface area (Å²) in [6.45, 7) is 1.06. The Labute approximate surface area is 108 Å². The third kappa shape index (κ3) is 1.96. The fraction of sp³-hybridized carbons (Fsp3) is 0.600. The maximum Gasteiger partial charge on any atom is 0.146 e. The van der Waals surface area contributed by atoms with Crippen LogP contribution in [0.3, 0.4) is 0 Å². The van der Waals surface area contributed by atoms with Crippen molar-refractivity contribution in [2.45, 2.75) is 44.6 Å². The highest BCUT2D eigenvalue weighted by Gasteiger charge is 2.34. The molecule has 18 heavy (non-hydrogen) atoms. The van der Waals surface area contributed by atoms with Crippen LogP contribution in [-0.2, 0) is 0 Å². The predicted octanol–water partition coefficient (Wildman–Crippen LogP) is 3.11. The minimum absolute atomic E-state index is 0.620. The van der Waals surface area contributed by atoms with Gasteiger partial charge in [0.05, 0.1) is 5.56 Å². The van der Waals surface area contributed by atoms with E-state index in [0.29, 0.717) is 6.04 Å². The van der Waals surface area contributed by atoms with Crippen molar-refractivity contribution in [3.05, 3.63) is 23.9 Å². The van der Waals surface area contributed by atoms with Crippen LogP contribution >= 0.6 is 0 Å². The fourth-order valence-corrected chi connectivity index (χ4v) is 3.60. The summed E-state index contributed by atoms with van der Waals surface area (Å²) in [5.74, 6) is 1.73. The van der Waals surface area contributed by atoms with Gasteiger partial charge in [0.15, 0.2) is 0 Å². The normalized spacial score (nSPS) is 27.4. The van der Waals surface area contributed by atoms with Crippen LogP contribution in [0.2, 0.25) is 0 Å². The van der Waals surface area contributed by atoms with Gasteiger partial charge >= 0.3 is 0 Å². The van der Waals surface area contributed by atoms with E-state index < -0.39 is 0 Å². The van der Waals surface area contributed by atoms with E-state index in [1.165, 1.54) is 38.5 Å². The molecule has 1 aromatic rings. The van der Waals surface area contributed by atoms with E-state index in [9.17, 15) is 5.26 Å². The molecule has 1 saturated carbocycles. The highest BCUT2D eigenvalue weighted by atomic mass is 15.2. The van der Waals surface area contributed by atoms with E-state index in [4.69, 9.17) is 0 Å². The molecule has 1 aromatic heterocycles. The number of hydrogen-bond donors (Lipinski definition) is 0. The second kappa shape index (κ2) is 4.97. The Morgan fingerprint density at radius 2 is 2.06 bits per heavy atom. The van der Waals surface area contributed by atoms with Gasteiger partial charge in [0.2, 0.25) is 0 Å². The topological polar surface area (TPSA) is 39.9 Å². The predicted molar refractivity (Wildman–Crippen MR) is 71.3 cm³/mol. The molecule has 0 amide bonds. The maximum atomic E-state index is 9.23. The molecule has 3 rings (SSSR count). The molecule has 2 aliphatic rings. The molecule has 1 saturated heterocycles. The zero-order chi connectivity index (χ0) is 12.4. The number of nitrogens with zero attached hydrogens (tertiary/aromatic N) is 3. The number of rotatable bonds is 1. The Kier molecular flexibility index (Phi) is 3.19. The van der Waals surface area contributed by atoms with Crippen molar-refractivity contribution >= 4 is 5.82 Å². The van der Waals surface area contributed by atoms with Crippen LogP contribution in [0, 0.1) is 17.2 Å². The lowest BCUT2D eigenvalue weighted by atomic mass is 9.78. The molecule has 2 fully saturated rings. The minimum Gasteiger partial charge on any atom is -0.352 e. The smallest absolute Gasteiger partial charge is 0.146 e. The highest BCUT2D eigenvalue weighted by Crippen LogP contribution is 2.37. The van der Waals surface area contributed by atoms with Gasteiger partial charge in [-0.3, -0.25) is 0 Å². The van der Waals surface area contributed by atoms with Gasteiger partial charge < -0.3 is 4.90 Å². The lowest BCUT2D eigenvalue weighted by molar-refractivity contribution is 0.242. The van der Waals surface area contributed by atoms with E-state index in [1.54, 1.807) is 0 Å². The van der Waals surface area contributed by atoms with Crippen LogP contribution in [0.1, 0.15) is 44.1 Å². The molecule has 94 valence electrons. The van der Waals surface area contributed by atoms with Gasteiger partial charge in [0, 0.05) is 18.8 Å². The number of nitriles is 1. The molecular formula is C15H19N3. The van der Waals surface area contributed by atoms with Gasteiger partial charge in [-0.25, -0.2) is 4.98 Å². The molecule has 0 bridgehead atoms. The highest BCUT2D eigenvalue weighted by molar-refractivity contribution is 5.54. The van der Waals surface area contributed by atoms with Crippen molar-refractivity contribution < 1.29 is 0 Å². The van der Waals surface area contributed by atoms with E-state index in [2.05, 4.69) is 16.0 Å². The Bertz CT molecular complexity index is 461. The molecule has 1 aliphatic carbocycles. The second-order valence-electron chi connectivity index (χ2n) is 5.43. The first-order valence-electron chi connectivity index (χ1n) is 7.02. The molecule has 3 heteroatoms. The van der Waals surface area contributed by atoms with E-state index in [0.717, 1.165) is 23.8 Å². The lowest BCUT2D eigenvalue weighted by Crippen LogP contribution is -2.47. The lowest BCUT2D eigenvalue weighted by Gasteiger charge is -2.45. The zero-order valence-corrected chi connectivity index (χ0v) is 10.7. The molecule has 2 unspecified atom stereocenters. The van der Waals surface area contributed by atoms with Gasteiger partial charge in [-0.15, -0.1) is 0 Å².